The van der Waals surface area contributed by atoms with E-state index in [-0.39, 0.29) is 6.03 Å². The summed E-state index contributed by atoms with van der Waals surface area (Å²) in [7, 11) is 0. The van der Waals surface area contributed by atoms with Crippen LogP contribution in [0.2, 0.25) is 0 Å². The average Bonchev–Trinajstić information content (AvgIpc) is 2.58. The van der Waals surface area contributed by atoms with Gasteiger partial charge in [-0.25, -0.2) is 4.79 Å². The fourth-order valence-corrected chi connectivity index (χ4v) is 3.41. The average molecular weight is 322 g/mol. The van der Waals surface area contributed by atoms with Gasteiger partial charge in [-0.05, 0) is 31.9 Å². The topological polar surface area (TPSA) is 41.6 Å². The summed E-state index contributed by atoms with van der Waals surface area (Å²) in [4.78, 5) is 15.4. The number of piperidine rings is 1. The molecular formula is C17H26N2O2S. The SMILES string of the molecule is CCOC[C@H]1CCCN(C(=O)NCCSc2ccccc2)C1. The zero-order chi connectivity index (χ0) is 15.6. The first-order valence-corrected chi connectivity index (χ1v) is 9.06. The molecule has 2 amide bonds. The van der Waals surface area contributed by atoms with Gasteiger partial charge in [0.1, 0.15) is 0 Å². The van der Waals surface area contributed by atoms with Crippen molar-refractivity contribution in [3.05, 3.63) is 30.3 Å². The van der Waals surface area contributed by atoms with Crippen LogP contribution in [0.3, 0.4) is 0 Å². The molecule has 0 radical (unpaired) electrons. The molecule has 5 heteroatoms. The van der Waals surface area contributed by atoms with Crippen molar-refractivity contribution in [3.8, 4) is 0 Å². The van der Waals surface area contributed by atoms with Crippen LogP contribution in [-0.2, 0) is 4.74 Å². The van der Waals surface area contributed by atoms with Crippen molar-refractivity contribution in [2.45, 2.75) is 24.7 Å². The number of ether oxygens (including phenoxy) is 1. The number of likely N-dealkylation sites (tertiary alicyclic amines) is 1. The number of hydrogen-bond donors (Lipinski definition) is 1. The van der Waals surface area contributed by atoms with Crippen LogP contribution in [0.15, 0.2) is 35.2 Å². The van der Waals surface area contributed by atoms with E-state index in [1.807, 2.05) is 30.0 Å². The van der Waals surface area contributed by atoms with Crippen LogP contribution < -0.4 is 5.32 Å². The molecule has 1 aliphatic heterocycles. The highest BCUT2D eigenvalue weighted by Gasteiger charge is 2.23. The van der Waals surface area contributed by atoms with Crippen LogP contribution in [0.5, 0.6) is 0 Å². The number of urea groups is 1. The van der Waals surface area contributed by atoms with E-state index in [4.69, 9.17) is 4.74 Å². The Morgan fingerprint density at radius 2 is 2.23 bits per heavy atom. The standard InChI is InChI=1S/C17H26N2O2S/c1-2-21-14-15-7-6-11-19(13-15)17(20)18-10-12-22-16-8-4-3-5-9-16/h3-5,8-9,15H,2,6-7,10-14H2,1H3,(H,18,20)/t15-/m0/s1. The highest BCUT2D eigenvalue weighted by Crippen LogP contribution is 2.17. The highest BCUT2D eigenvalue weighted by molar-refractivity contribution is 7.99. The van der Waals surface area contributed by atoms with Gasteiger partial charge >= 0.3 is 6.03 Å². The number of carbonyl (C=O) groups is 1. The van der Waals surface area contributed by atoms with E-state index in [0.717, 1.165) is 44.9 Å². The van der Waals surface area contributed by atoms with E-state index in [2.05, 4.69) is 17.4 Å². The summed E-state index contributed by atoms with van der Waals surface area (Å²) >= 11 is 1.77. The molecule has 0 bridgehead atoms. The van der Waals surface area contributed by atoms with Gasteiger partial charge in [0, 0.05) is 42.8 Å². The van der Waals surface area contributed by atoms with Gasteiger partial charge in [-0.2, -0.15) is 0 Å². The summed E-state index contributed by atoms with van der Waals surface area (Å²) in [6.45, 7) is 5.91. The zero-order valence-electron chi connectivity index (χ0n) is 13.3. The molecule has 1 fully saturated rings. The van der Waals surface area contributed by atoms with Crippen molar-refractivity contribution in [2.24, 2.45) is 5.92 Å². The molecule has 1 heterocycles. The second kappa shape index (κ2) is 9.74. The second-order valence-electron chi connectivity index (χ2n) is 5.51. The summed E-state index contributed by atoms with van der Waals surface area (Å²) in [6, 6.07) is 10.3. The minimum atomic E-state index is 0.0647. The maximum Gasteiger partial charge on any atom is 0.317 e. The van der Waals surface area contributed by atoms with Crippen molar-refractivity contribution >= 4 is 17.8 Å². The molecule has 1 atom stereocenters. The zero-order valence-corrected chi connectivity index (χ0v) is 14.1. The Morgan fingerprint density at radius 3 is 3.00 bits per heavy atom. The number of hydrogen-bond acceptors (Lipinski definition) is 3. The molecule has 122 valence electrons. The molecule has 0 unspecified atom stereocenters. The van der Waals surface area contributed by atoms with Gasteiger partial charge in [0.2, 0.25) is 0 Å². The Labute approximate surface area is 137 Å². The number of thioether (sulfide) groups is 1. The van der Waals surface area contributed by atoms with Crippen molar-refractivity contribution in [3.63, 3.8) is 0 Å². The summed E-state index contributed by atoms with van der Waals surface area (Å²) in [5, 5.41) is 3.02. The Morgan fingerprint density at radius 1 is 1.41 bits per heavy atom. The molecule has 1 N–H and O–H groups in total. The van der Waals surface area contributed by atoms with E-state index < -0.39 is 0 Å². The molecule has 1 aliphatic rings. The normalized spacial score (nSPS) is 18.2. The lowest BCUT2D eigenvalue weighted by Crippen LogP contribution is -2.46. The van der Waals surface area contributed by atoms with Crippen LogP contribution in [0, 0.1) is 5.92 Å². The molecular weight excluding hydrogens is 296 g/mol. The van der Waals surface area contributed by atoms with Gasteiger partial charge in [-0.3, -0.25) is 0 Å². The molecule has 1 aromatic rings. The summed E-state index contributed by atoms with van der Waals surface area (Å²) in [5.41, 5.74) is 0. The number of nitrogens with zero attached hydrogens (tertiary/aromatic N) is 1. The van der Waals surface area contributed by atoms with E-state index in [0.29, 0.717) is 12.5 Å². The molecule has 0 aromatic heterocycles. The second-order valence-corrected chi connectivity index (χ2v) is 6.68. The van der Waals surface area contributed by atoms with Crippen molar-refractivity contribution < 1.29 is 9.53 Å². The molecule has 0 aliphatic carbocycles. The first-order chi connectivity index (χ1) is 10.8. The van der Waals surface area contributed by atoms with Gasteiger partial charge in [0.25, 0.3) is 0 Å². The fourth-order valence-electron chi connectivity index (χ4n) is 2.63. The van der Waals surface area contributed by atoms with Gasteiger partial charge in [0.05, 0.1) is 6.61 Å². The maximum absolute atomic E-state index is 12.2. The Balaban J connectivity index is 1.64. The van der Waals surface area contributed by atoms with Crippen molar-refractivity contribution in [1.29, 1.82) is 0 Å². The Bertz CT molecular complexity index is 442. The maximum atomic E-state index is 12.2. The van der Waals surface area contributed by atoms with Crippen LogP contribution in [0.1, 0.15) is 19.8 Å². The molecule has 2 rings (SSSR count). The predicted octanol–water partition coefficient (Wildman–Crippen LogP) is 3.24. The van der Waals surface area contributed by atoms with Gasteiger partial charge < -0.3 is 15.0 Å². The molecule has 4 nitrogen and oxygen atoms in total. The minimum Gasteiger partial charge on any atom is -0.381 e. The van der Waals surface area contributed by atoms with E-state index in [1.54, 1.807) is 11.8 Å². The lowest BCUT2D eigenvalue weighted by molar-refractivity contribution is 0.0757. The van der Waals surface area contributed by atoms with E-state index >= 15 is 0 Å². The van der Waals surface area contributed by atoms with Gasteiger partial charge in [-0.15, -0.1) is 11.8 Å². The van der Waals surface area contributed by atoms with E-state index in [1.165, 1.54) is 4.90 Å². The quantitative estimate of drug-likeness (QED) is 0.619. The monoisotopic (exact) mass is 322 g/mol. The third-order valence-electron chi connectivity index (χ3n) is 3.75. The molecule has 22 heavy (non-hydrogen) atoms. The molecule has 1 aromatic carbocycles. The summed E-state index contributed by atoms with van der Waals surface area (Å²) in [5.74, 6) is 1.38. The minimum absolute atomic E-state index is 0.0647. The Hall–Kier alpha value is -1.20. The number of rotatable bonds is 7. The van der Waals surface area contributed by atoms with Crippen molar-refractivity contribution in [1.82, 2.24) is 10.2 Å². The van der Waals surface area contributed by atoms with Crippen LogP contribution in [0.25, 0.3) is 0 Å². The number of benzene rings is 1. The summed E-state index contributed by atoms with van der Waals surface area (Å²) < 4.78 is 5.49. The first-order valence-electron chi connectivity index (χ1n) is 8.08. The van der Waals surface area contributed by atoms with Crippen LogP contribution in [-0.4, -0.2) is 49.5 Å². The third-order valence-corrected chi connectivity index (χ3v) is 4.77. The van der Waals surface area contributed by atoms with E-state index in [9.17, 15) is 4.79 Å². The van der Waals surface area contributed by atoms with Crippen LogP contribution >= 0.6 is 11.8 Å². The smallest absolute Gasteiger partial charge is 0.317 e. The lowest BCUT2D eigenvalue weighted by Gasteiger charge is -2.32. The largest absolute Gasteiger partial charge is 0.381 e. The number of nitrogens with one attached hydrogen (secondary N) is 1. The molecule has 0 saturated carbocycles. The first kappa shape index (κ1) is 17.2. The number of amides is 2. The third kappa shape index (κ3) is 5.89. The van der Waals surface area contributed by atoms with Gasteiger partial charge in [-0.1, -0.05) is 18.2 Å². The lowest BCUT2D eigenvalue weighted by atomic mass is 9.99. The Kier molecular flexibility index (Phi) is 7.60. The van der Waals surface area contributed by atoms with Crippen molar-refractivity contribution in [2.75, 3.05) is 38.6 Å². The summed E-state index contributed by atoms with van der Waals surface area (Å²) in [6.07, 6.45) is 2.23. The van der Waals surface area contributed by atoms with Crippen LogP contribution in [0.4, 0.5) is 4.79 Å². The molecule has 1 saturated heterocycles. The highest BCUT2D eigenvalue weighted by atomic mass is 32.2. The van der Waals surface area contributed by atoms with Gasteiger partial charge in [0.15, 0.2) is 0 Å². The fraction of sp³-hybridized carbons (Fsp3) is 0.588. The molecule has 0 spiro atoms. The predicted molar refractivity (Wildman–Crippen MR) is 91.4 cm³/mol. The number of carbonyl (C=O) groups excluding carboxylic acids is 1.